The van der Waals surface area contributed by atoms with Gasteiger partial charge in [0.25, 0.3) is 0 Å². The lowest BCUT2D eigenvalue weighted by Crippen LogP contribution is -2.42. The normalized spacial score (nSPS) is 30.1. The number of alkyl halides is 2. The first-order valence-corrected chi connectivity index (χ1v) is 7.21. The van der Waals surface area contributed by atoms with Crippen molar-refractivity contribution in [3.8, 4) is 0 Å². The summed E-state index contributed by atoms with van der Waals surface area (Å²) in [5, 5.41) is 21.2. The van der Waals surface area contributed by atoms with E-state index in [9.17, 15) is 23.5 Å². The average Bonchev–Trinajstić information content (AvgIpc) is 3.25. The maximum absolute atomic E-state index is 14.0. The van der Waals surface area contributed by atoms with E-state index < -0.39 is 48.1 Å². The molecule has 0 unspecified atom stereocenters. The van der Waals surface area contributed by atoms with Gasteiger partial charge in [0.05, 0.1) is 6.61 Å². The first-order chi connectivity index (χ1) is 11.2. The van der Waals surface area contributed by atoms with Crippen LogP contribution < -0.4 is 16.7 Å². The van der Waals surface area contributed by atoms with Crippen LogP contribution in [-0.4, -0.2) is 55.9 Å². The zero-order valence-corrected chi connectivity index (χ0v) is 12.4. The standard InChI is InChI=1S/C13H16F2N4O5/c14-13(15)8(21)6(5-20)24-10(13)19-4-1-7(17-11(19)23)18-12(2-3-12)9(16)22/h1,4,6,8,10,20-21H,2-3,5H2,(H2,16,22)(H,17,18,23)/t6-,8-,10-/m1/s1. The molecule has 1 saturated heterocycles. The molecular weight excluding hydrogens is 330 g/mol. The van der Waals surface area contributed by atoms with Gasteiger partial charge in [-0.3, -0.25) is 9.36 Å². The number of carbonyl (C=O) groups excluding carboxylic acids is 1. The number of nitrogens with one attached hydrogen (secondary N) is 1. The fourth-order valence-electron chi connectivity index (χ4n) is 2.58. The number of primary amides is 1. The van der Waals surface area contributed by atoms with E-state index in [-0.39, 0.29) is 5.82 Å². The van der Waals surface area contributed by atoms with Crippen LogP contribution in [0.1, 0.15) is 19.1 Å². The summed E-state index contributed by atoms with van der Waals surface area (Å²) in [6.45, 7) is -0.823. The molecule has 1 aliphatic heterocycles. The number of rotatable bonds is 5. The van der Waals surface area contributed by atoms with Crippen LogP contribution in [0.25, 0.3) is 0 Å². The Morgan fingerprint density at radius 1 is 1.54 bits per heavy atom. The second kappa shape index (κ2) is 5.46. The summed E-state index contributed by atoms with van der Waals surface area (Å²) in [5.41, 5.74) is 3.23. The summed E-state index contributed by atoms with van der Waals surface area (Å²) in [7, 11) is 0. The lowest BCUT2D eigenvalue weighted by Gasteiger charge is -2.21. The minimum atomic E-state index is -3.78. The van der Waals surface area contributed by atoms with Crippen LogP contribution in [0.3, 0.4) is 0 Å². The SMILES string of the molecule is NC(=O)C1(Nc2ccn([C@@H]3O[C@H](CO)[C@@H](O)C3(F)F)c(=O)n2)CC1. The largest absolute Gasteiger partial charge is 0.394 e. The summed E-state index contributed by atoms with van der Waals surface area (Å²) in [4.78, 5) is 26.9. The third-order valence-electron chi connectivity index (χ3n) is 4.23. The van der Waals surface area contributed by atoms with Crippen molar-refractivity contribution in [3.63, 3.8) is 0 Å². The number of nitrogens with two attached hydrogens (primary N) is 1. The van der Waals surface area contributed by atoms with Crippen molar-refractivity contribution in [2.75, 3.05) is 11.9 Å². The number of amides is 1. The monoisotopic (exact) mass is 346 g/mol. The summed E-state index contributed by atoms with van der Waals surface area (Å²) < 4.78 is 33.5. The quantitative estimate of drug-likeness (QED) is 0.512. The summed E-state index contributed by atoms with van der Waals surface area (Å²) in [5.74, 6) is -4.35. The van der Waals surface area contributed by atoms with Crippen LogP contribution in [0, 0.1) is 0 Å². The van der Waals surface area contributed by atoms with Crippen molar-refractivity contribution in [2.45, 2.75) is 42.7 Å². The molecule has 5 N–H and O–H groups in total. The Labute approximate surface area is 134 Å². The molecule has 2 fully saturated rings. The number of ether oxygens (including phenoxy) is 1. The molecule has 1 saturated carbocycles. The Kier molecular flexibility index (Phi) is 3.81. The van der Waals surface area contributed by atoms with Crippen molar-refractivity contribution in [3.05, 3.63) is 22.7 Å². The Morgan fingerprint density at radius 3 is 2.67 bits per heavy atom. The molecule has 132 valence electrons. The van der Waals surface area contributed by atoms with E-state index in [1.807, 2.05) is 0 Å². The molecule has 0 bridgehead atoms. The number of hydrogen-bond donors (Lipinski definition) is 4. The highest BCUT2D eigenvalue weighted by atomic mass is 19.3. The van der Waals surface area contributed by atoms with Crippen molar-refractivity contribution in [1.29, 1.82) is 0 Å². The second-order valence-electron chi connectivity index (χ2n) is 5.90. The summed E-state index contributed by atoms with van der Waals surface area (Å²) in [6, 6.07) is 1.22. The van der Waals surface area contributed by atoms with E-state index >= 15 is 0 Å². The van der Waals surface area contributed by atoms with Crippen LogP contribution in [-0.2, 0) is 9.53 Å². The molecule has 3 atom stereocenters. The van der Waals surface area contributed by atoms with E-state index in [4.69, 9.17) is 15.6 Å². The molecule has 2 aliphatic rings. The van der Waals surface area contributed by atoms with Gasteiger partial charge in [-0.15, -0.1) is 0 Å². The van der Waals surface area contributed by atoms with Crippen LogP contribution in [0.5, 0.6) is 0 Å². The number of carbonyl (C=O) groups is 1. The Hall–Kier alpha value is -2.11. The number of hydrogen-bond acceptors (Lipinski definition) is 7. The van der Waals surface area contributed by atoms with Gasteiger partial charge in [-0.25, -0.2) is 4.79 Å². The first-order valence-electron chi connectivity index (χ1n) is 7.21. The van der Waals surface area contributed by atoms with Crippen molar-refractivity contribution >= 4 is 11.7 Å². The summed E-state index contributed by atoms with van der Waals surface area (Å²) >= 11 is 0. The molecule has 24 heavy (non-hydrogen) atoms. The first kappa shape index (κ1) is 16.7. The zero-order chi connectivity index (χ0) is 17.7. The molecule has 0 spiro atoms. The van der Waals surface area contributed by atoms with Gasteiger partial charge in [0.1, 0.15) is 17.5 Å². The molecule has 3 rings (SSSR count). The molecule has 0 radical (unpaired) electrons. The highest BCUT2D eigenvalue weighted by molar-refractivity contribution is 5.90. The van der Waals surface area contributed by atoms with E-state index in [2.05, 4.69) is 10.3 Å². The Balaban J connectivity index is 1.86. The fourth-order valence-corrected chi connectivity index (χ4v) is 2.58. The van der Waals surface area contributed by atoms with Gasteiger partial charge < -0.3 is 26.0 Å². The van der Waals surface area contributed by atoms with Gasteiger partial charge in [0.15, 0.2) is 6.10 Å². The summed E-state index contributed by atoms with van der Waals surface area (Å²) in [6.07, 6.45) is -3.87. The third-order valence-corrected chi connectivity index (χ3v) is 4.23. The minimum Gasteiger partial charge on any atom is -0.394 e. The predicted octanol–water partition coefficient (Wildman–Crippen LogP) is -1.44. The number of anilines is 1. The fraction of sp³-hybridized carbons (Fsp3) is 0.615. The predicted molar refractivity (Wildman–Crippen MR) is 75.2 cm³/mol. The molecule has 1 aromatic heterocycles. The van der Waals surface area contributed by atoms with Gasteiger partial charge in [0, 0.05) is 6.20 Å². The van der Waals surface area contributed by atoms with Crippen LogP contribution in [0.4, 0.5) is 14.6 Å². The molecule has 0 aromatic carbocycles. The van der Waals surface area contributed by atoms with E-state index in [0.717, 1.165) is 6.20 Å². The van der Waals surface area contributed by atoms with E-state index in [1.54, 1.807) is 0 Å². The van der Waals surface area contributed by atoms with Gasteiger partial charge in [-0.2, -0.15) is 13.8 Å². The number of halogens is 2. The number of aliphatic hydroxyl groups excluding tert-OH is 2. The van der Waals surface area contributed by atoms with Crippen molar-refractivity contribution < 1.29 is 28.5 Å². The Morgan fingerprint density at radius 2 is 2.21 bits per heavy atom. The molecule has 1 aliphatic carbocycles. The average molecular weight is 346 g/mol. The van der Waals surface area contributed by atoms with E-state index in [1.165, 1.54) is 6.07 Å². The molecule has 11 heteroatoms. The van der Waals surface area contributed by atoms with Gasteiger partial charge in [-0.05, 0) is 18.9 Å². The van der Waals surface area contributed by atoms with Gasteiger partial charge in [-0.1, -0.05) is 0 Å². The minimum absolute atomic E-state index is 0.0214. The highest BCUT2D eigenvalue weighted by Gasteiger charge is 2.59. The number of nitrogens with zero attached hydrogens (tertiary/aromatic N) is 2. The zero-order valence-electron chi connectivity index (χ0n) is 12.4. The van der Waals surface area contributed by atoms with Crippen molar-refractivity contribution in [1.82, 2.24) is 9.55 Å². The molecular formula is C13H16F2N4O5. The third kappa shape index (κ3) is 2.54. The maximum atomic E-state index is 14.0. The van der Waals surface area contributed by atoms with Crippen LogP contribution in [0.2, 0.25) is 0 Å². The number of aliphatic hydroxyl groups is 2. The molecule has 2 heterocycles. The maximum Gasteiger partial charge on any atom is 0.351 e. The number of aromatic nitrogens is 2. The highest BCUT2D eigenvalue weighted by Crippen LogP contribution is 2.42. The van der Waals surface area contributed by atoms with Gasteiger partial charge in [0.2, 0.25) is 12.1 Å². The smallest absolute Gasteiger partial charge is 0.351 e. The van der Waals surface area contributed by atoms with Crippen molar-refractivity contribution in [2.24, 2.45) is 5.73 Å². The van der Waals surface area contributed by atoms with E-state index in [0.29, 0.717) is 17.4 Å². The molecule has 1 amide bonds. The van der Waals surface area contributed by atoms with Crippen LogP contribution in [0.15, 0.2) is 17.1 Å². The molecule has 1 aromatic rings. The topological polar surface area (TPSA) is 140 Å². The second-order valence-corrected chi connectivity index (χ2v) is 5.90. The van der Waals surface area contributed by atoms with Gasteiger partial charge >= 0.3 is 11.6 Å². The Bertz CT molecular complexity index is 721. The molecule has 9 nitrogen and oxygen atoms in total. The lowest BCUT2D eigenvalue weighted by atomic mass is 10.1. The van der Waals surface area contributed by atoms with Crippen LogP contribution >= 0.6 is 0 Å². The lowest BCUT2D eigenvalue weighted by molar-refractivity contribution is -0.140.